The van der Waals surface area contributed by atoms with E-state index in [0.717, 1.165) is 0 Å². The Labute approximate surface area is 95.0 Å². The molecular weight excluding hydrogens is 238 g/mol. The highest BCUT2D eigenvalue weighted by molar-refractivity contribution is 9.10. The zero-order valence-electron chi connectivity index (χ0n) is 9.10. The molecule has 0 spiro atoms. The Bertz CT molecular complexity index is 296. The van der Waals surface area contributed by atoms with Gasteiger partial charge in [0, 0.05) is 16.2 Å². The molecule has 0 saturated heterocycles. The van der Waals surface area contributed by atoms with Crippen molar-refractivity contribution in [2.45, 2.75) is 39.7 Å². The lowest BCUT2D eigenvalue weighted by Gasteiger charge is -2.14. The molecule has 78 valence electrons. The Morgan fingerprint density at radius 1 is 1.43 bits per heavy atom. The third kappa shape index (κ3) is 3.33. The van der Waals surface area contributed by atoms with Gasteiger partial charge in [-0.3, -0.25) is 0 Å². The number of aryl methyl sites for hydroxylation is 1. The van der Waals surface area contributed by atoms with Crippen LogP contribution in [-0.2, 0) is 0 Å². The van der Waals surface area contributed by atoms with E-state index >= 15 is 0 Å². The van der Waals surface area contributed by atoms with Crippen molar-refractivity contribution in [2.24, 2.45) is 0 Å². The van der Waals surface area contributed by atoms with Crippen LogP contribution >= 0.6 is 15.9 Å². The molecule has 0 aromatic heterocycles. The fourth-order valence-electron chi connectivity index (χ4n) is 1.47. The summed E-state index contributed by atoms with van der Waals surface area (Å²) in [7, 11) is 0. The Balaban J connectivity index is 2.63. The number of benzene rings is 1. The number of rotatable bonds is 4. The molecule has 2 heteroatoms. The van der Waals surface area contributed by atoms with Gasteiger partial charge in [0.25, 0.3) is 0 Å². The zero-order valence-corrected chi connectivity index (χ0v) is 10.7. The molecule has 1 N–H and O–H groups in total. The van der Waals surface area contributed by atoms with Gasteiger partial charge >= 0.3 is 0 Å². The van der Waals surface area contributed by atoms with Crippen molar-refractivity contribution in [3.8, 4) is 0 Å². The molecule has 0 aliphatic carbocycles. The number of hydrogen-bond donors (Lipinski definition) is 1. The molecule has 1 atom stereocenters. The molecule has 1 aromatic carbocycles. The van der Waals surface area contributed by atoms with Crippen LogP contribution in [0.3, 0.4) is 0 Å². The molecule has 1 rings (SSSR count). The molecule has 0 bridgehead atoms. The lowest BCUT2D eigenvalue weighted by atomic mass is 10.1. The first-order chi connectivity index (χ1) is 6.63. The Hall–Kier alpha value is -0.500. The van der Waals surface area contributed by atoms with E-state index in [1.54, 1.807) is 0 Å². The van der Waals surface area contributed by atoms with E-state index in [0.29, 0.717) is 6.04 Å². The van der Waals surface area contributed by atoms with E-state index in [-0.39, 0.29) is 0 Å². The highest BCUT2D eigenvalue weighted by Crippen LogP contribution is 2.21. The summed E-state index contributed by atoms with van der Waals surface area (Å²) < 4.78 is 1.17. The van der Waals surface area contributed by atoms with Crippen LogP contribution in [0.2, 0.25) is 0 Å². The first-order valence-corrected chi connectivity index (χ1v) is 5.95. The van der Waals surface area contributed by atoms with Crippen molar-refractivity contribution in [3.05, 3.63) is 28.2 Å². The van der Waals surface area contributed by atoms with Crippen LogP contribution in [0.1, 0.15) is 32.3 Å². The normalized spacial score (nSPS) is 12.6. The summed E-state index contributed by atoms with van der Waals surface area (Å²) in [4.78, 5) is 0. The van der Waals surface area contributed by atoms with Crippen LogP contribution in [0.4, 0.5) is 5.69 Å². The Kier molecular flexibility index (Phi) is 4.46. The van der Waals surface area contributed by atoms with Crippen LogP contribution in [0, 0.1) is 6.92 Å². The van der Waals surface area contributed by atoms with Crippen molar-refractivity contribution in [3.63, 3.8) is 0 Å². The summed E-state index contributed by atoms with van der Waals surface area (Å²) in [5, 5.41) is 3.48. The average molecular weight is 256 g/mol. The molecule has 0 heterocycles. The quantitative estimate of drug-likeness (QED) is 0.844. The molecule has 0 aliphatic rings. The first kappa shape index (κ1) is 11.6. The van der Waals surface area contributed by atoms with Gasteiger partial charge in [0.1, 0.15) is 0 Å². The summed E-state index contributed by atoms with van der Waals surface area (Å²) in [6, 6.07) is 6.95. The molecule has 14 heavy (non-hydrogen) atoms. The Morgan fingerprint density at radius 3 is 2.71 bits per heavy atom. The van der Waals surface area contributed by atoms with E-state index in [4.69, 9.17) is 0 Å². The second-order valence-electron chi connectivity index (χ2n) is 3.80. The minimum atomic E-state index is 0.551. The molecule has 0 radical (unpaired) electrons. The van der Waals surface area contributed by atoms with Gasteiger partial charge in [-0.1, -0.05) is 35.3 Å². The van der Waals surface area contributed by atoms with Crippen LogP contribution in [0.15, 0.2) is 22.7 Å². The summed E-state index contributed by atoms with van der Waals surface area (Å²) in [6.07, 6.45) is 2.44. The topological polar surface area (TPSA) is 12.0 Å². The van der Waals surface area contributed by atoms with Crippen LogP contribution in [0.25, 0.3) is 0 Å². The number of nitrogens with one attached hydrogen (secondary N) is 1. The second-order valence-corrected chi connectivity index (χ2v) is 4.65. The molecular formula is C12H18BrN. The van der Waals surface area contributed by atoms with E-state index in [1.807, 2.05) is 0 Å². The van der Waals surface area contributed by atoms with Crippen molar-refractivity contribution in [1.82, 2.24) is 0 Å². The molecule has 0 aliphatic heterocycles. The second kappa shape index (κ2) is 5.40. The maximum Gasteiger partial charge on any atom is 0.0353 e. The highest BCUT2D eigenvalue weighted by Gasteiger charge is 2.01. The molecule has 1 aromatic rings. The van der Waals surface area contributed by atoms with Crippen molar-refractivity contribution in [1.29, 1.82) is 0 Å². The summed E-state index contributed by atoms with van der Waals surface area (Å²) in [5.74, 6) is 0. The maximum absolute atomic E-state index is 3.53. The molecule has 0 saturated carbocycles. The fraction of sp³-hybridized carbons (Fsp3) is 0.500. The van der Waals surface area contributed by atoms with Gasteiger partial charge in [0.05, 0.1) is 0 Å². The minimum absolute atomic E-state index is 0.551. The minimum Gasteiger partial charge on any atom is -0.383 e. The monoisotopic (exact) mass is 255 g/mol. The predicted octanol–water partition coefficient (Wildman–Crippen LogP) is 4.36. The number of anilines is 1. The van der Waals surface area contributed by atoms with Gasteiger partial charge in [-0.25, -0.2) is 0 Å². The van der Waals surface area contributed by atoms with Crippen molar-refractivity contribution < 1.29 is 0 Å². The van der Waals surface area contributed by atoms with Gasteiger partial charge in [-0.2, -0.15) is 0 Å². The van der Waals surface area contributed by atoms with Crippen LogP contribution in [0.5, 0.6) is 0 Å². The van der Waals surface area contributed by atoms with E-state index in [9.17, 15) is 0 Å². The van der Waals surface area contributed by atoms with Gasteiger partial charge in [-0.15, -0.1) is 0 Å². The van der Waals surface area contributed by atoms with Gasteiger partial charge in [-0.05, 0) is 38.0 Å². The largest absolute Gasteiger partial charge is 0.383 e. The third-order valence-corrected chi connectivity index (χ3v) is 3.16. The third-order valence-electron chi connectivity index (χ3n) is 2.31. The average Bonchev–Trinajstić information content (AvgIpc) is 2.12. The molecule has 1 unspecified atom stereocenters. The standard InChI is InChI=1S/C12H18BrN/c1-4-5-10(3)14-11-7-6-9(2)12(13)8-11/h6-8,10,14H,4-5H2,1-3H3. The van der Waals surface area contributed by atoms with Gasteiger partial charge < -0.3 is 5.32 Å². The maximum atomic E-state index is 3.53. The molecule has 0 amide bonds. The van der Waals surface area contributed by atoms with Gasteiger partial charge in [0.15, 0.2) is 0 Å². The van der Waals surface area contributed by atoms with E-state index in [1.165, 1.54) is 28.6 Å². The first-order valence-electron chi connectivity index (χ1n) is 5.16. The SMILES string of the molecule is CCCC(C)Nc1ccc(C)c(Br)c1. The lowest BCUT2D eigenvalue weighted by Crippen LogP contribution is -2.14. The predicted molar refractivity (Wildman–Crippen MR) is 66.9 cm³/mol. The number of hydrogen-bond acceptors (Lipinski definition) is 1. The number of halogens is 1. The summed E-state index contributed by atoms with van der Waals surface area (Å²) in [5.41, 5.74) is 2.47. The van der Waals surface area contributed by atoms with E-state index in [2.05, 4.69) is 60.2 Å². The zero-order chi connectivity index (χ0) is 10.6. The fourth-order valence-corrected chi connectivity index (χ4v) is 1.85. The summed E-state index contributed by atoms with van der Waals surface area (Å²) >= 11 is 3.53. The Morgan fingerprint density at radius 2 is 2.14 bits per heavy atom. The lowest BCUT2D eigenvalue weighted by molar-refractivity contribution is 0.690. The van der Waals surface area contributed by atoms with E-state index < -0.39 is 0 Å². The molecule has 0 fully saturated rings. The molecule has 1 nitrogen and oxygen atoms in total. The van der Waals surface area contributed by atoms with Crippen molar-refractivity contribution in [2.75, 3.05) is 5.32 Å². The van der Waals surface area contributed by atoms with Crippen molar-refractivity contribution >= 4 is 21.6 Å². The highest BCUT2D eigenvalue weighted by atomic mass is 79.9. The summed E-state index contributed by atoms with van der Waals surface area (Å²) in [6.45, 7) is 6.53. The van der Waals surface area contributed by atoms with Gasteiger partial charge in [0.2, 0.25) is 0 Å². The smallest absolute Gasteiger partial charge is 0.0353 e. The van der Waals surface area contributed by atoms with Crippen LogP contribution < -0.4 is 5.32 Å². The van der Waals surface area contributed by atoms with Crippen LogP contribution in [-0.4, -0.2) is 6.04 Å².